The number of unbranched alkanes of at least 4 members (excludes halogenated alkanes) is 1. The molecule has 1 atom stereocenters. The van der Waals surface area contributed by atoms with E-state index in [1.54, 1.807) is 0 Å². The fraction of sp³-hybridized carbons (Fsp3) is 0.650. The molecule has 1 amide bonds. The van der Waals surface area contributed by atoms with E-state index in [1.165, 1.54) is 5.56 Å². The second-order valence-corrected chi connectivity index (χ2v) is 7.09. The molecule has 0 aromatic heterocycles. The number of ether oxygens (including phenoxy) is 2. The van der Waals surface area contributed by atoms with Crippen molar-refractivity contribution in [3.05, 3.63) is 35.9 Å². The van der Waals surface area contributed by atoms with Crippen molar-refractivity contribution in [1.29, 1.82) is 0 Å². The van der Waals surface area contributed by atoms with Crippen molar-refractivity contribution in [3.63, 3.8) is 0 Å². The molecule has 4 nitrogen and oxygen atoms in total. The molecule has 2 fully saturated rings. The molecule has 2 saturated heterocycles. The lowest BCUT2D eigenvalue weighted by atomic mass is 9.84. The van der Waals surface area contributed by atoms with Crippen molar-refractivity contribution in [3.8, 4) is 0 Å². The normalized spacial score (nSPS) is 23.1. The molecule has 1 N–H and O–H groups in total. The third-order valence-corrected chi connectivity index (χ3v) is 5.22. The van der Waals surface area contributed by atoms with Crippen LogP contribution < -0.4 is 5.32 Å². The molecule has 1 aromatic rings. The molecule has 0 saturated carbocycles. The lowest BCUT2D eigenvalue weighted by Gasteiger charge is -2.43. The zero-order chi connectivity index (χ0) is 16.7. The summed E-state index contributed by atoms with van der Waals surface area (Å²) in [6.07, 6.45) is 7.46. The van der Waals surface area contributed by atoms with Gasteiger partial charge in [-0.3, -0.25) is 4.79 Å². The van der Waals surface area contributed by atoms with Gasteiger partial charge in [0.05, 0.1) is 5.60 Å². The Balaban J connectivity index is 1.35. The van der Waals surface area contributed by atoms with E-state index >= 15 is 0 Å². The topological polar surface area (TPSA) is 47.6 Å². The van der Waals surface area contributed by atoms with Crippen LogP contribution in [0.3, 0.4) is 0 Å². The number of carbonyl (C=O) groups excluding carboxylic acids is 1. The zero-order valence-electron chi connectivity index (χ0n) is 14.5. The van der Waals surface area contributed by atoms with Gasteiger partial charge in [-0.25, -0.2) is 0 Å². The standard InChI is InChI=1S/C20H29NO3/c22-19(9-5-4-8-17-6-2-1-3-7-17)21-18-10-13-24-20(16-18)11-14-23-15-12-20/h1-3,6-7,18H,4-5,8-16H2,(H,21,22)/t18-/m0/s1. The Morgan fingerprint density at radius 3 is 2.71 bits per heavy atom. The molecule has 2 aliphatic heterocycles. The summed E-state index contributed by atoms with van der Waals surface area (Å²) in [4.78, 5) is 12.2. The summed E-state index contributed by atoms with van der Waals surface area (Å²) in [5.41, 5.74) is 1.30. The van der Waals surface area contributed by atoms with Crippen molar-refractivity contribution in [2.45, 2.75) is 63.0 Å². The smallest absolute Gasteiger partial charge is 0.220 e. The fourth-order valence-electron chi connectivity index (χ4n) is 3.80. The van der Waals surface area contributed by atoms with E-state index in [4.69, 9.17) is 9.47 Å². The second kappa shape index (κ2) is 8.63. The molecular formula is C20H29NO3. The molecule has 1 aromatic carbocycles. The van der Waals surface area contributed by atoms with E-state index in [2.05, 4.69) is 29.6 Å². The van der Waals surface area contributed by atoms with E-state index in [1.807, 2.05) is 6.07 Å². The molecule has 24 heavy (non-hydrogen) atoms. The largest absolute Gasteiger partial charge is 0.381 e. The Labute approximate surface area is 144 Å². The van der Waals surface area contributed by atoms with Gasteiger partial charge in [-0.2, -0.15) is 0 Å². The number of hydrogen-bond donors (Lipinski definition) is 1. The molecule has 0 bridgehead atoms. The minimum absolute atomic E-state index is 0.0538. The number of aryl methyl sites for hydroxylation is 1. The zero-order valence-corrected chi connectivity index (χ0v) is 14.5. The Morgan fingerprint density at radius 1 is 1.12 bits per heavy atom. The van der Waals surface area contributed by atoms with Crippen LogP contribution in [0.1, 0.15) is 50.5 Å². The molecule has 1 spiro atoms. The van der Waals surface area contributed by atoms with Gasteiger partial charge in [-0.15, -0.1) is 0 Å². The number of rotatable bonds is 6. The molecule has 132 valence electrons. The van der Waals surface area contributed by atoms with Crippen molar-refractivity contribution < 1.29 is 14.3 Å². The summed E-state index contributed by atoms with van der Waals surface area (Å²) < 4.78 is 11.5. The van der Waals surface area contributed by atoms with Gasteiger partial charge in [0.1, 0.15) is 0 Å². The van der Waals surface area contributed by atoms with Crippen LogP contribution in [0.15, 0.2) is 30.3 Å². The first-order valence-corrected chi connectivity index (χ1v) is 9.31. The summed E-state index contributed by atoms with van der Waals surface area (Å²) in [6, 6.07) is 10.7. The average Bonchev–Trinajstić information content (AvgIpc) is 2.60. The van der Waals surface area contributed by atoms with Crippen LogP contribution >= 0.6 is 0 Å². The maximum absolute atomic E-state index is 12.2. The first-order chi connectivity index (χ1) is 11.8. The van der Waals surface area contributed by atoms with Crippen LogP contribution in [-0.4, -0.2) is 37.4 Å². The summed E-state index contributed by atoms with van der Waals surface area (Å²) in [6.45, 7) is 2.30. The molecule has 0 aliphatic carbocycles. The number of hydrogen-bond acceptors (Lipinski definition) is 3. The lowest BCUT2D eigenvalue weighted by Crippen LogP contribution is -2.51. The number of amides is 1. The summed E-state index contributed by atoms with van der Waals surface area (Å²) in [7, 11) is 0. The SMILES string of the molecule is O=C(CCCCc1ccccc1)N[C@H]1CCOC2(CCOCC2)C1. The first kappa shape index (κ1) is 17.4. The molecule has 2 heterocycles. The quantitative estimate of drug-likeness (QED) is 0.814. The van der Waals surface area contributed by atoms with Gasteiger partial charge in [0.25, 0.3) is 0 Å². The number of carbonyl (C=O) groups is 1. The summed E-state index contributed by atoms with van der Waals surface area (Å²) >= 11 is 0. The monoisotopic (exact) mass is 331 g/mol. The van der Waals surface area contributed by atoms with E-state index < -0.39 is 0 Å². The molecule has 3 rings (SSSR count). The molecule has 0 radical (unpaired) electrons. The van der Waals surface area contributed by atoms with Crippen LogP contribution in [0.25, 0.3) is 0 Å². The molecular weight excluding hydrogens is 302 g/mol. The highest BCUT2D eigenvalue weighted by Crippen LogP contribution is 2.34. The van der Waals surface area contributed by atoms with Crippen LogP contribution in [0, 0.1) is 0 Å². The second-order valence-electron chi connectivity index (χ2n) is 7.09. The van der Waals surface area contributed by atoms with Crippen LogP contribution in [-0.2, 0) is 20.7 Å². The maximum atomic E-state index is 12.2. The minimum Gasteiger partial charge on any atom is -0.381 e. The summed E-state index contributed by atoms with van der Waals surface area (Å²) in [5.74, 6) is 0.192. The van der Waals surface area contributed by atoms with E-state index in [-0.39, 0.29) is 17.6 Å². The predicted octanol–water partition coefficient (Wildman–Crippen LogP) is 3.24. The van der Waals surface area contributed by atoms with Gasteiger partial charge in [-0.1, -0.05) is 30.3 Å². The first-order valence-electron chi connectivity index (χ1n) is 9.31. The van der Waals surface area contributed by atoms with Gasteiger partial charge in [0.2, 0.25) is 5.91 Å². The average molecular weight is 331 g/mol. The highest BCUT2D eigenvalue weighted by atomic mass is 16.5. The molecule has 4 heteroatoms. The highest BCUT2D eigenvalue weighted by Gasteiger charge is 2.39. The van der Waals surface area contributed by atoms with E-state index in [0.717, 1.165) is 64.8 Å². The Morgan fingerprint density at radius 2 is 1.92 bits per heavy atom. The molecule has 0 unspecified atom stereocenters. The van der Waals surface area contributed by atoms with Crippen molar-refractivity contribution in [2.24, 2.45) is 0 Å². The van der Waals surface area contributed by atoms with E-state index in [0.29, 0.717) is 6.42 Å². The Hall–Kier alpha value is -1.39. The van der Waals surface area contributed by atoms with Crippen molar-refractivity contribution in [1.82, 2.24) is 5.32 Å². The van der Waals surface area contributed by atoms with Gasteiger partial charge < -0.3 is 14.8 Å². The van der Waals surface area contributed by atoms with Gasteiger partial charge in [0.15, 0.2) is 0 Å². The van der Waals surface area contributed by atoms with Gasteiger partial charge >= 0.3 is 0 Å². The maximum Gasteiger partial charge on any atom is 0.220 e. The van der Waals surface area contributed by atoms with E-state index in [9.17, 15) is 4.79 Å². The Kier molecular flexibility index (Phi) is 6.27. The van der Waals surface area contributed by atoms with Crippen molar-refractivity contribution in [2.75, 3.05) is 19.8 Å². The molecule has 2 aliphatic rings. The van der Waals surface area contributed by atoms with Gasteiger partial charge in [0, 0.05) is 32.3 Å². The summed E-state index contributed by atoms with van der Waals surface area (Å²) in [5, 5.41) is 3.23. The highest BCUT2D eigenvalue weighted by molar-refractivity contribution is 5.76. The van der Waals surface area contributed by atoms with Crippen molar-refractivity contribution >= 4 is 5.91 Å². The van der Waals surface area contributed by atoms with Crippen LogP contribution in [0.2, 0.25) is 0 Å². The Bertz CT molecular complexity index is 505. The van der Waals surface area contributed by atoms with Crippen LogP contribution in [0.5, 0.6) is 0 Å². The third-order valence-electron chi connectivity index (χ3n) is 5.22. The van der Waals surface area contributed by atoms with Crippen LogP contribution in [0.4, 0.5) is 0 Å². The third kappa shape index (κ3) is 5.05. The fourth-order valence-corrected chi connectivity index (χ4v) is 3.80. The lowest BCUT2D eigenvalue weighted by molar-refractivity contribution is -0.144. The van der Waals surface area contributed by atoms with Gasteiger partial charge in [-0.05, 0) is 50.5 Å². The number of benzene rings is 1. The number of nitrogens with one attached hydrogen (secondary N) is 1. The minimum atomic E-state index is -0.0538. The predicted molar refractivity (Wildman–Crippen MR) is 93.9 cm³/mol.